The minimum Gasteiger partial charge on any atom is -0.464 e. The quantitative estimate of drug-likeness (QED) is 0.374. The van der Waals surface area contributed by atoms with Crippen LogP contribution in [-0.2, 0) is 14.3 Å². The molecule has 0 radical (unpaired) electrons. The van der Waals surface area contributed by atoms with Gasteiger partial charge in [-0.1, -0.05) is 64.7 Å². The van der Waals surface area contributed by atoms with Gasteiger partial charge in [-0.25, -0.2) is 0 Å². The lowest BCUT2D eigenvalue weighted by Gasteiger charge is -2.21. The molecule has 1 atom stereocenters. The maximum atomic E-state index is 11.7. The molecule has 0 bridgehead atoms. The molecule has 0 aromatic carbocycles. The lowest BCUT2D eigenvalue weighted by molar-refractivity contribution is -0.148. The number of carbonyl (C=O) groups is 1. The van der Waals surface area contributed by atoms with E-state index < -0.39 is 6.04 Å². The van der Waals surface area contributed by atoms with E-state index >= 15 is 0 Å². The summed E-state index contributed by atoms with van der Waals surface area (Å²) in [4.78, 5) is 11.7. The van der Waals surface area contributed by atoms with E-state index in [1.54, 1.807) is 0 Å². The van der Waals surface area contributed by atoms with Crippen LogP contribution in [0.15, 0.2) is 0 Å². The van der Waals surface area contributed by atoms with Crippen molar-refractivity contribution in [2.24, 2.45) is 5.73 Å². The van der Waals surface area contributed by atoms with Crippen molar-refractivity contribution < 1.29 is 14.3 Å². The standard InChI is InChI=1S/C19H39NO3/c1-5-6-7-8-9-10-11-12-13-14-15-22-18(21)17(20)16-23-19(2,3)4/h17H,5-16,20H2,1-4H3/t17-/m0/s1. The summed E-state index contributed by atoms with van der Waals surface area (Å²) >= 11 is 0. The number of rotatable bonds is 14. The van der Waals surface area contributed by atoms with Crippen molar-refractivity contribution in [3.05, 3.63) is 0 Å². The summed E-state index contributed by atoms with van der Waals surface area (Å²) < 4.78 is 10.7. The number of unbranched alkanes of at least 4 members (excludes halogenated alkanes) is 9. The molecule has 0 aliphatic carbocycles. The summed E-state index contributed by atoms with van der Waals surface area (Å²) in [5.74, 6) is -0.356. The van der Waals surface area contributed by atoms with Crippen LogP contribution in [0.4, 0.5) is 0 Å². The molecule has 0 unspecified atom stereocenters. The van der Waals surface area contributed by atoms with Gasteiger partial charge in [-0.15, -0.1) is 0 Å². The number of carbonyl (C=O) groups excluding carboxylic acids is 1. The highest BCUT2D eigenvalue weighted by Crippen LogP contribution is 2.11. The normalized spacial score (nSPS) is 13.1. The molecule has 0 rings (SSSR count). The van der Waals surface area contributed by atoms with Gasteiger partial charge in [0.2, 0.25) is 0 Å². The van der Waals surface area contributed by atoms with Crippen LogP contribution >= 0.6 is 0 Å². The third-order valence-electron chi connectivity index (χ3n) is 3.74. The number of nitrogens with two attached hydrogens (primary N) is 1. The average molecular weight is 330 g/mol. The molecule has 0 aliphatic rings. The van der Waals surface area contributed by atoms with E-state index in [1.165, 1.54) is 51.4 Å². The molecular formula is C19H39NO3. The van der Waals surface area contributed by atoms with Crippen LogP contribution in [0.1, 0.15) is 91.9 Å². The molecule has 0 aromatic heterocycles. The third kappa shape index (κ3) is 16.0. The molecule has 2 N–H and O–H groups in total. The Balaban J connectivity index is 3.38. The van der Waals surface area contributed by atoms with Crippen LogP contribution in [0.25, 0.3) is 0 Å². The Morgan fingerprint density at radius 3 is 1.87 bits per heavy atom. The van der Waals surface area contributed by atoms with Gasteiger partial charge in [0.25, 0.3) is 0 Å². The summed E-state index contributed by atoms with van der Waals surface area (Å²) in [7, 11) is 0. The van der Waals surface area contributed by atoms with Crippen molar-refractivity contribution in [1.82, 2.24) is 0 Å². The molecule has 0 amide bonds. The van der Waals surface area contributed by atoms with Crippen LogP contribution in [0.2, 0.25) is 0 Å². The minimum atomic E-state index is -0.683. The lowest BCUT2D eigenvalue weighted by atomic mass is 10.1. The Morgan fingerprint density at radius 2 is 1.39 bits per heavy atom. The number of hydrogen-bond donors (Lipinski definition) is 1. The molecular weight excluding hydrogens is 290 g/mol. The molecule has 138 valence electrons. The van der Waals surface area contributed by atoms with Gasteiger partial charge in [0.1, 0.15) is 6.04 Å². The van der Waals surface area contributed by atoms with E-state index in [4.69, 9.17) is 15.2 Å². The van der Waals surface area contributed by atoms with Gasteiger partial charge >= 0.3 is 5.97 Å². The Kier molecular flexibility index (Phi) is 13.4. The second-order valence-corrected chi connectivity index (χ2v) is 7.38. The van der Waals surface area contributed by atoms with Crippen molar-refractivity contribution in [3.63, 3.8) is 0 Å². The highest BCUT2D eigenvalue weighted by atomic mass is 16.5. The SMILES string of the molecule is CCCCCCCCCCCCOC(=O)[C@@H](N)COC(C)(C)C. The molecule has 0 aromatic rings. The predicted molar refractivity (Wildman–Crippen MR) is 96.5 cm³/mol. The molecule has 0 heterocycles. The van der Waals surface area contributed by atoms with Crippen LogP contribution in [0.5, 0.6) is 0 Å². The number of esters is 1. The second-order valence-electron chi connectivity index (χ2n) is 7.38. The smallest absolute Gasteiger partial charge is 0.325 e. The first-order valence-electron chi connectivity index (χ1n) is 9.43. The fraction of sp³-hybridized carbons (Fsp3) is 0.947. The first-order chi connectivity index (χ1) is 10.9. The highest BCUT2D eigenvalue weighted by molar-refractivity contribution is 5.75. The third-order valence-corrected chi connectivity index (χ3v) is 3.74. The van der Waals surface area contributed by atoms with E-state index in [2.05, 4.69) is 6.92 Å². The van der Waals surface area contributed by atoms with Gasteiger partial charge in [-0.05, 0) is 27.2 Å². The van der Waals surface area contributed by atoms with Crippen LogP contribution in [-0.4, -0.2) is 30.8 Å². The zero-order valence-corrected chi connectivity index (χ0v) is 15.9. The monoisotopic (exact) mass is 329 g/mol. The molecule has 23 heavy (non-hydrogen) atoms. The maximum absolute atomic E-state index is 11.7. The molecule has 0 aliphatic heterocycles. The zero-order chi connectivity index (χ0) is 17.6. The first kappa shape index (κ1) is 22.4. The van der Waals surface area contributed by atoms with Gasteiger partial charge < -0.3 is 15.2 Å². The second kappa shape index (κ2) is 13.8. The Bertz CT molecular complexity index is 287. The van der Waals surface area contributed by atoms with Crippen LogP contribution in [0, 0.1) is 0 Å². The van der Waals surface area contributed by atoms with Crippen molar-refractivity contribution in [1.29, 1.82) is 0 Å². The summed E-state index contributed by atoms with van der Waals surface area (Å²) in [6.07, 6.45) is 12.7. The van der Waals surface area contributed by atoms with Crippen molar-refractivity contribution >= 4 is 5.97 Å². The summed E-state index contributed by atoms with van der Waals surface area (Å²) in [5, 5.41) is 0. The number of hydrogen-bond acceptors (Lipinski definition) is 4. The molecule has 0 spiro atoms. The largest absolute Gasteiger partial charge is 0.464 e. The van der Waals surface area contributed by atoms with E-state index in [1.807, 2.05) is 20.8 Å². The van der Waals surface area contributed by atoms with Crippen LogP contribution in [0.3, 0.4) is 0 Å². The van der Waals surface area contributed by atoms with Crippen LogP contribution < -0.4 is 5.73 Å². The Labute approximate surface area is 143 Å². The van der Waals surface area contributed by atoms with Gasteiger partial charge in [0.05, 0.1) is 18.8 Å². The first-order valence-corrected chi connectivity index (χ1v) is 9.43. The van der Waals surface area contributed by atoms with E-state index in [0.29, 0.717) is 6.61 Å². The average Bonchev–Trinajstić information content (AvgIpc) is 2.49. The van der Waals surface area contributed by atoms with E-state index in [-0.39, 0.29) is 18.2 Å². The van der Waals surface area contributed by atoms with Gasteiger partial charge in [-0.3, -0.25) is 4.79 Å². The summed E-state index contributed by atoms with van der Waals surface area (Å²) in [5.41, 5.74) is 5.47. The maximum Gasteiger partial charge on any atom is 0.325 e. The van der Waals surface area contributed by atoms with Crippen molar-refractivity contribution in [2.75, 3.05) is 13.2 Å². The fourth-order valence-electron chi connectivity index (χ4n) is 2.28. The summed E-state index contributed by atoms with van der Waals surface area (Å²) in [6, 6.07) is -0.683. The molecule has 0 saturated carbocycles. The molecule has 4 nitrogen and oxygen atoms in total. The fourth-order valence-corrected chi connectivity index (χ4v) is 2.28. The lowest BCUT2D eigenvalue weighted by Crippen LogP contribution is -2.39. The Morgan fingerprint density at radius 1 is 0.913 bits per heavy atom. The zero-order valence-electron chi connectivity index (χ0n) is 15.9. The minimum absolute atomic E-state index is 0.209. The predicted octanol–water partition coefficient (Wildman–Crippen LogP) is 4.59. The van der Waals surface area contributed by atoms with E-state index in [9.17, 15) is 4.79 Å². The number of ether oxygens (including phenoxy) is 2. The highest BCUT2D eigenvalue weighted by Gasteiger charge is 2.19. The van der Waals surface area contributed by atoms with Gasteiger partial charge in [0.15, 0.2) is 0 Å². The van der Waals surface area contributed by atoms with Gasteiger partial charge in [-0.2, -0.15) is 0 Å². The molecule has 0 fully saturated rings. The van der Waals surface area contributed by atoms with E-state index in [0.717, 1.165) is 12.8 Å². The molecule has 0 saturated heterocycles. The molecule has 4 heteroatoms. The van der Waals surface area contributed by atoms with Gasteiger partial charge in [0, 0.05) is 0 Å². The van der Waals surface area contributed by atoms with Crippen molar-refractivity contribution in [3.8, 4) is 0 Å². The van der Waals surface area contributed by atoms with Crippen molar-refractivity contribution in [2.45, 2.75) is 104 Å². The summed E-state index contributed by atoms with van der Waals surface area (Å²) in [6.45, 7) is 8.74. The topological polar surface area (TPSA) is 61.5 Å². The Hall–Kier alpha value is -0.610.